The fraction of sp³-hybridized carbons (Fsp3) is 0.167. The molecule has 118 valence electrons. The summed E-state index contributed by atoms with van der Waals surface area (Å²) in [6.07, 6.45) is 0. The molecular weight excluding hydrogens is 376 g/mol. The van der Waals surface area contributed by atoms with Gasteiger partial charge in [0.25, 0.3) is 0 Å². The van der Waals surface area contributed by atoms with Crippen LogP contribution in [0.2, 0.25) is 5.02 Å². The van der Waals surface area contributed by atoms with Gasteiger partial charge in [0.1, 0.15) is 6.54 Å². The average molecular weight is 392 g/mol. The SMILES string of the molecule is Cc1cc(Br)cc(Cl)c1NC(=O)Cn1c(C)cc2ccccc21. The van der Waals surface area contributed by atoms with Gasteiger partial charge in [0, 0.05) is 15.7 Å². The van der Waals surface area contributed by atoms with E-state index in [1.807, 2.05) is 48.7 Å². The van der Waals surface area contributed by atoms with E-state index in [1.54, 1.807) is 6.07 Å². The van der Waals surface area contributed by atoms with Crippen LogP contribution in [0, 0.1) is 13.8 Å². The number of benzene rings is 2. The molecule has 1 aromatic heterocycles. The zero-order chi connectivity index (χ0) is 16.6. The Morgan fingerprint density at radius 3 is 2.70 bits per heavy atom. The normalized spacial score (nSPS) is 11.0. The Kier molecular flexibility index (Phi) is 4.46. The van der Waals surface area contributed by atoms with Gasteiger partial charge >= 0.3 is 0 Å². The molecule has 0 aliphatic heterocycles. The molecule has 0 bridgehead atoms. The predicted octanol–water partition coefficient (Wildman–Crippen LogP) is 5.31. The van der Waals surface area contributed by atoms with E-state index in [0.29, 0.717) is 10.7 Å². The number of nitrogens with one attached hydrogen (secondary N) is 1. The number of halogens is 2. The number of fused-ring (bicyclic) bond motifs is 1. The quantitative estimate of drug-likeness (QED) is 0.645. The van der Waals surface area contributed by atoms with Crippen molar-refractivity contribution in [3.8, 4) is 0 Å². The fourth-order valence-corrected chi connectivity index (χ4v) is 3.76. The van der Waals surface area contributed by atoms with Crippen LogP contribution in [0.1, 0.15) is 11.3 Å². The Hall–Kier alpha value is -1.78. The smallest absolute Gasteiger partial charge is 0.244 e. The summed E-state index contributed by atoms with van der Waals surface area (Å²) in [6, 6.07) is 13.8. The van der Waals surface area contributed by atoms with E-state index in [2.05, 4.69) is 27.3 Å². The molecule has 0 fully saturated rings. The first-order valence-electron chi connectivity index (χ1n) is 7.26. The molecule has 5 heteroatoms. The Morgan fingerprint density at radius 2 is 1.96 bits per heavy atom. The molecule has 0 unspecified atom stereocenters. The number of aryl methyl sites for hydroxylation is 2. The molecule has 0 saturated carbocycles. The second-order valence-corrected chi connectivity index (χ2v) is 6.88. The Morgan fingerprint density at radius 1 is 1.22 bits per heavy atom. The molecule has 23 heavy (non-hydrogen) atoms. The molecule has 0 saturated heterocycles. The third-order valence-electron chi connectivity index (χ3n) is 3.84. The standard InChI is InChI=1S/C18H16BrClN2O/c1-11-7-14(19)9-15(20)18(11)21-17(23)10-22-12(2)8-13-5-3-4-6-16(13)22/h3-9H,10H2,1-2H3,(H,21,23). The molecule has 3 nitrogen and oxygen atoms in total. The summed E-state index contributed by atoms with van der Waals surface area (Å²) in [5, 5.41) is 4.59. The van der Waals surface area contributed by atoms with Crippen LogP contribution >= 0.6 is 27.5 Å². The van der Waals surface area contributed by atoms with E-state index in [-0.39, 0.29) is 12.5 Å². The predicted molar refractivity (Wildman–Crippen MR) is 99.2 cm³/mol. The number of anilines is 1. The first-order valence-corrected chi connectivity index (χ1v) is 8.43. The van der Waals surface area contributed by atoms with Crippen LogP contribution in [0.3, 0.4) is 0 Å². The van der Waals surface area contributed by atoms with E-state index < -0.39 is 0 Å². The maximum atomic E-state index is 12.5. The zero-order valence-electron chi connectivity index (χ0n) is 12.9. The van der Waals surface area contributed by atoms with Gasteiger partial charge in [-0.05, 0) is 49.1 Å². The van der Waals surface area contributed by atoms with Crippen LogP contribution in [0.15, 0.2) is 46.9 Å². The van der Waals surface area contributed by atoms with Gasteiger partial charge in [-0.25, -0.2) is 0 Å². The summed E-state index contributed by atoms with van der Waals surface area (Å²) in [5.41, 5.74) is 3.69. The van der Waals surface area contributed by atoms with Crippen molar-refractivity contribution in [3.63, 3.8) is 0 Å². The van der Waals surface area contributed by atoms with Crippen LogP contribution < -0.4 is 5.32 Å². The summed E-state index contributed by atoms with van der Waals surface area (Å²) >= 11 is 9.63. The van der Waals surface area contributed by atoms with Gasteiger partial charge in [-0.1, -0.05) is 45.7 Å². The summed E-state index contributed by atoms with van der Waals surface area (Å²) in [7, 11) is 0. The fourth-order valence-electron chi connectivity index (χ4n) is 2.74. The van der Waals surface area contributed by atoms with Crippen molar-refractivity contribution >= 4 is 50.0 Å². The highest BCUT2D eigenvalue weighted by atomic mass is 79.9. The molecule has 1 heterocycles. The minimum atomic E-state index is -0.0956. The van der Waals surface area contributed by atoms with Gasteiger partial charge < -0.3 is 9.88 Å². The van der Waals surface area contributed by atoms with Gasteiger partial charge in [0.05, 0.1) is 10.7 Å². The van der Waals surface area contributed by atoms with Gasteiger partial charge in [-0.2, -0.15) is 0 Å². The molecule has 0 aliphatic carbocycles. The first kappa shape index (κ1) is 16.1. The van der Waals surface area contributed by atoms with Gasteiger partial charge in [-0.15, -0.1) is 0 Å². The summed E-state index contributed by atoms with van der Waals surface area (Å²) in [4.78, 5) is 12.5. The lowest BCUT2D eigenvalue weighted by Crippen LogP contribution is -2.20. The molecule has 0 atom stereocenters. The first-order chi connectivity index (χ1) is 11.0. The number of carbonyl (C=O) groups is 1. The zero-order valence-corrected chi connectivity index (χ0v) is 15.2. The Bertz CT molecular complexity index is 878. The maximum absolute atomic E-state index is 12.5. The number of hydrogen-bond acceptors (Lipinski definition) is 1. The van der Waals surface area contributed by atoms with Crippen LogP contribution in [0.25, 0.3) is 10.9 Å². The second-order valence-electron chi connectivity index (χ2n) is 5.56. The molecule has 3 rings (SSSR count). The minimum absolute atomic E-state index is 0.0956. The van der Waals surface area contributed by atoms with Gasteiger partial charge in [-0.3, -0.25) is 4.79 Å². The van der Waals surface area contributed by atoms with Crippen molar-refractivity contribution in [2.75, 3.05) is 5.32 Å². The highest BCUT2D eigenvalue weighted by molar-refractivity contribution is 9.10. The van der Waals surface area contributed by atoms with E-state index in [9.17, 15) is 4.79 Å². The average Bonchev–Trinajstić information content (AvgIpc) is 2.79. The van der Waals surface area contributed by atoms with Gasteiger partial charge in [0.2, 0.25) is 5.91 Å². The summed E-state index contributed by atoms with van der Waals surface area (Å²) in [5.74, 6) is -0.0956. The Labute approximate surface area is 148 Å². The van der Waals surface area contributed by atoms with Crippen molar-refractivity contribution in [1.82, 2.24) is 4.57 Å². The Balaban J connectivity index is 1.86. The third-order valence-corrected chi connectivity index (χ3v) is 4.59. The molecular formula is C18H16BrClN2O. The molecule has 2 aromatic carbocycles. The van der Waals surface area contributed by atoms with Crippen LogP contribution in [0.4, 0.5) is 5.69 Å². The minimum Gasteiger partial charge on any atom is -0.335 e. The monoisotopic (exact) mass is 390 g/mol. The lowest BCUT2D eigenvalue weighted by atomic mass is 10.2. The molecule has 0 aliphatic rings. The summed E-state index contributed by atoms with van der Waals surface area (Å²) < 4.78 is 2.90. The van der Waals surface area contributed by atoms with E-state index in [4.69, 9.17) is 11.6 Å². The van der Waals surface area contributed by atoms with Crippen LogP contribution in [-0.2, 0) is 11.3 Å². The van der Waals surface area contributed by atoms with Crippen molar-refractivity contribution in [2.45, 2.75) is 20.4 Å². The lowest BCUT2D eigenvalue weighted by molar-refractivity contribution is -0.116. The molecule has 0 spiro atoms. The largest absolute Gasteiger partial charge is 0.335 e. The highest BCUT2D eigenvalue weighted by Gasteiger charge is 2.13. The second kappa shape index (κ2) is 6.38. The van der Waals surface area contributed by atoms with Crippen molar-refractivity contribution in [1.29, 1.82) is 0 Å². The maximum Gasteiger partial charge on any atom is 0.244 e. The van der Waals surface area contributed by atoms with Crippen molar-refractivity contribution in [2.24, 2.45) is 0 Å². The third kappa shape index (κ3) is 3.28. The van der Waals surface area contributed by atoms with E-state index >= 15 is 0 Å². The van der Waals surface area contributed by atoms with E-state index in [0.717, 1.165) is 26.6 Å². The molecule has 3 aromatic rings. The van der Waals surface area contributed by atoms with Crippen LogP contribution in [-0.4, -0.2) is 10.5 Å². The number of nitrogens with zero attached hydrogens (tertiary/aromatic N) is 1. The summed E-state index contributed by atoms with van der Waals surface area (Å²) in [6.45, 7) is 4.18. The van der Waals surface area contributed by atoms with Gasteiger partial charge in [0.15, 0.2) is 0 Å². The highest BCUT2D eigenvalue weighted by Crippen LogP contribution is 2.30. The van der Waals surface area contributed by atoms with E-state index in [1.165, 1.54) is 0 Å². The van der Waals surface area contributed by atoms with Crippen LogP contribution in [0.5, 0.6) is 0 Å². The number of aromatic nitrogens is 1. The number of hydrogen-bond donors (Lipinski definition) is 1. The number of rotatable bonds is 3. The molecule has 1 amide bonds. The lowest BCUT2D eigenvalue weighted by Gasteiger charge is -2.13. The number of carbonyl (C=O) groups excluding carboxylic acids is 1. The van der Waals surface area contributed by atoms with Crippen molar-refractivity contribution < 1.29 is 4.79 Å². The number of para-hydroxylation sites is 1. The van der Waals surface area contributed by atoms with Crippen molar-refractivity contribution in [3.05, 3.63) is 63.2 Å². The molecule has 1 N–H and O–H groups in total. The molecule has 0 radical (unpaired) electrons. The number of amides is 1. The topological polar surface area (TPSA) is 34.0 Å².